The molecule has 1 atom stereocenters. The highest BCUT2D eigenvalue weighted by molar-refractivity contribution is 5.98. The molecule has 1 aliphatic carbocycles. The smallest absolute Gasteiger partial charge is 0.274 e. The minimum atomic E-state index is -0.356. The van der Waals surface area contributed by atoms with Gasteiger partial charge in [0.15, 0.2) is 11.5 Å². The Bertz CT molecular complexity index is 1610. The Kier molecular flexibility index (Phi) is 5.37. The van der Waals surface area contributed by atoms with Gasteiger partial charge in [-0.2, -0.15) is 5.10 Å². The first-order valence-electron chi connectivity index (χ1n) is 11.8. The molecule has 6 rings (SSSR count). The molecule has 0 fully saturated rings. The summed E-state index contributed by atoms with van der Waals surface area (Å²) in [6, 6.07) is 13.4. The van der Waals surface area contributed by atoms with Crippen molar-refractivity contribution in [2.45, 2.75) is 25.3 Å². The molecule has 0 bridgehead atoms. The van der Waals surface area contributed by atoms with Gasteiger partial charge in [-0.15, -0.1) is 0 Å². The Morgan fingerprint density at radius 1 is 1.11 bits per heavy atom. The molecule has 3 N–H and O–H groups in total. The lowest BCUT2D eigenvalue weighted by molar-refractivity contribution is 0.0928. The zero-order valence-electron chi connectivity index (χ0n) is 19.7. The highest BCUT2D eigenvalue weighted by Gasteiger charge is 2.26. The summed E-state index contributed by atoms with van der Waals surface area (Å²) in [7, 11) is 1.83. The van der Waals surface area contributed by atoms with Crippen LogP contribution in [0.5, 0.6) is 0 Å². The number of aromatic nitrogens is 6. The first-order chi connectivity index (χ1) is 17.6. The molecule has 0 saturated carbocycles. The number of nitrogens with two attached hydrogens (primary N) is 1. The predicted octanol–water partition coefficient (Wildman–Crippen LogP) is 3.88. The van der Waals surface area contributed by atoms with Gasteiger partial charge < -0.3 is 11.1 Å². The minimum Gasteiger partial charge on any atom is -0.382 e. The van der Waals surface area contributed by atoms with Gasteiger partial charge in [-0.1, -0.05) is 12.1 Å². The largest absolute Gasteiger partial charge is 0.382 e. The van der Waals surface area contributed by atoms with Gasteiger partial charge in [0.05, 0.1) is 17.3 Å². The van der Waals surface area contributed by atoms with Gasteiger partial charge >= 0.3 is 0 Å². The molecule has 1 amide bonds. The van der Waals surface area contributed by atoms with Crippen molar-refractivity contribution in [3.05, 3.63) is 84.1 Å². The summed E-state index contributed by atoms with van der Waals surface area (Å²) in [6.07, 6.45) is 9.98. The zero-order valence-corrected chi connectivity index (χ0v) is 19.7. The maximum absolute atomic E-state index is 13.5. The van der Waals surface area contributed by atoms with Crippen molar-refractivity contribution in [2.75, 3.05) is 5.73 Å². The van der Waals surface area contributed by atoms with Crippen LogP contribution in [0.2, 0.25) is 0 Å². The first kappa shape index (κ1) is 21.8. The molecule has 178 valence electrons. The second kappa shape index (κ2) is 8.84. The second-order valence-corrected chi connectivity index (χ2v) is 8.93. The molecular weight excluding hydrogens is 452 g/mol. The normalized spacial score (nSPS) is 15.0. The van der Waals surface area contributed by atoms with E-state index in [0.29, 0.717) is 17.1 Å². The van der Waals surface area contributed by atoms with E-state index in [9.17, 15) is 4.79 Å². The van der Waals surface area contributed by atoms with Crippen LogP contribution < -0.4 is 11.1 Å². The number of nitrogen functional groups attached to an aromatic ring is 1. The van der Waals surface area contributed by atoms with E-state index in [2.05, 4.69) is 25.4 Å². The number of nitrogens with zero attached hydrogens (tertiary/aromatic N) is 6. The van der Waals surface area contributed by atoms with Crippen LogP contribution in [0.3, 0.4) is 0 Å². The Hall–Kier alpha value is -4.66. The van der Waals surface area contributed by atoms with E-state index < -0.39 is 0 Å². The van der Waals surface area contributed by atoms with Crippen LogP contribution in [0.4, 0.5) is 5.82 Å². The molecule has 0 saturated heterocycles. The van der Waals surface area contributed by atoms with Crippen LogP contribution >= 0.6 is 0 Å². The molecule has 5 aromatic rings. The number of fused-ring (bicyclic) bond motifs is 2. The maximum atomic E-state index is 13.5. The number of carbonyl (C=O) groups excluding carboxylic acids is 1. The second-order valence-electron chi connectivity index (χ2n) is 8.93. The van der Waals surface area contributed by atoms with Gasteiger partial charge in [0.2, 0.25) is 0 Å². The van der Waals surface area contributed by atoms with Crippen molar-refractivity contribution >= 4 is 22.6 Å². The van der Waals surface area contributed by atoms with Gasteiger partial charge in [0.1, 0.15) is 11.4 Å². The van der Waals surface area contributed by atoms with Crippen LogP contribution in [0, 0.1) is 0 Å². The molecule has 9 nitrogen and oxygen atoms in total. The molecule has 0 spiro atoms. The lowest BCUT2D eigenvalue weighted by Crippen LogP contribution is -2.32. The highest BCUT2D eigenvalue weighted by atomic mass is 16.2. The molecule has 1 unspecified atom stereocenters. The van der Waals surface area contributed by atoms with Gasteiger partial charge in [-0.3, -0.25) is 19.4 Å². The van der Waals surface area contributed by atoms with E-state index in [4.69, 9.17) is 10.7 Å². The molecule has 4 heterocycles. The van der Waals surface area contributed by atoms with Crippen molar-refractivity contribution < 1.29 is 4.79 Å². The summed E-state index contributed by atoms with van der Waals surface area (Å²) in [5.74, 6) is -0.295. The van der Waals surface area contributed by atoms with Crippen LogP contribution in [-0.4, -0.2) is 35.6 Å². The summed E-state index contributed by atoms with van der Waals surface area (Å²) < 4.78 is 1.69. The summed E-state index contributed by atoms with van der Waals surface area (Å²) in [5, 5.41) is 8.59. The third kappa shape index (κ3) is 3.94. The SMILES string of the molecule is Cn1ccc(-c2nc(N)c(C(=O)NC3CCCc4cnccc43)nc2-c2ccc3ncccc3c2)n1. The van der Waals surface area contributed by atoms with E-state index in [1.807, 2.05) is 61.9 Å². The van der Waals surface area contributed by atoms with Crippen molar-refractivity contribution in [3.8, 4) is 22.6 Å². The van der Waals surface area contributed by atoms with Crippen molar-refractivity contribution in [3.63, 3.8) is 0 Å². The fraction of sp³-hybridized carbons (Fsp3) is 0.185. The Morgan fingerprint density at radius 3 is 2.89 bits per heavy atom. The zero-order chi connectivity index (χ0) is 24.6. The number of rotatable bonds is 4. The van der Waals surface area contributed by atoms with Crippen LogP contribution in [0.25, 0.3) is 33.5 Å². The molecule has 9 heteroatoms. The van der Waals surface area contributed by atoms with E-state index in [0.717, 1.165) is 46.9 Å². The van der Waals surface area contributed by atoms with Gasteiger partial charge in [-0.05, 0) is 60.7 Å². The van der Waals surface area contributed by atoms with Gasteiger partial charge in [0.25, 0.3) is 5.91 Å². The third-order valence-electron chi connectivity index (χ3n) is 6.53. The summed E-state index contributed by atoms with van der Waals surface area (Å²) in [4.78, 5) is 31.5. The summed E-state index contributed by atoms with van der Waals surface area (Å²) >= 11 is 0. The maximum Gasteiger partial charge on any atom is 0.274 e. The fourth-order valence-corrected chi connectivity index (χ4v) is 4.78. The Labute approximate surface area is 207 Å². The van der Waals surface area contributed by atoms with Crippen molar-refractivity contribution in [2.24, 2.45) is 7.05 Å². The van der Waals surface area contributed by atoms with Crippen LogP contribution in [0.15, 0.2) is 67.3 Å². The number of hydrogen-bond donors (Lipinski definition) is 2. The number of amides is 1. The van der Waals surface area contributed by atoms with Crippen molar-refractivity contribution in [1.82, 2.24) is 35.0 Å². The number of pyridine rings is 2. The molecular formula is C27H24N8O. The first-order valence-corrected chi connectivity index (χ1v) is 11.8. The molecule has 4 aromatic heterocycles. The van der Waals surface area contributed by atoms with Gasteiger partial charge in [-0.25, -0.2) is 9.97 Å². The number of hydrogen-bond acceptors (Lipinski definition) is 7. The van der Waals surface area contributed by atoms with Crippen molar-refractivity contribution in [1.29, 1.82) is 0 Å². The number of nitrogens with one attached hydrogen (secondary N) is 1. The van der Waals surface area contributed by atoms with E-state index in [1.54, 1.807) is 17.1 Å². The Morgan fingerprint density at radius 2 is 2.03 bits per heavy atom. The monoisotopic (exact) mass is 476 g/mol. The topological polar surface area (TPSA) is 124 Å². The molecule has 0 radical (unpaired) electrons. The van der Waals surface area contributed by atoms with E-state index in [1.165, 1.54) is 0 Å². The number of carbonyl (C=O) groups is 1. The molecule has 1 aromatic carbocycles. The predicted molar refractivity (Wildman–Crippen MR) is 137 cm³/mol. The van der Waals surface area contributed by atoms with Gasteiger partial charge in [0, 0.05) is 42.8 Å². The number of benzene rings is 1. The number of aryl methyl sites for hydroxylation is 2. The Balaban J connectivity index is 1.44. The summed E-state index contributed by atoms with van der Waals surface area (Å²) in [5.41, 5.74) is 12.0. The fourth-order valence-electron chi connectivity index (χ4n) is 4.78. The minimum absolute atomic E-state index is 0.0603. The van der Waals surface area contributed by atoms with E-state index >= 15 is 0 Å². The summed E-state index contributed by atoms with van der Waals surface area (Å²) in [6.45, 7) is 0. The van der Waals surface area contributed by atoms with Crippen LogP contribution in [0.1, 0.15) is 40.5 Å². The standard InChI is InChI=1S/C27H24N8O/c1-35-13-10-22(34-35)24-23(17-7-8-20-16(14-17)5-3-11-30-20)32-25(26(28)33-24)27(36)31-21-6-2-4-18-15-29-12-9-19(18)21/h3,5,7-15,21H,2,4,6H2,1H3,(H2,28,33)(H,31,36). The lowest BCUT2D eigenvalue weighted by Gasteiger charge is -2.26. The van der Waals surface area contributed by atoms with Crippen LogP contribution in [-0.2, 0) is 13.5 Å². The third-order valence-corrected chi connectivity index (χ3v) is 6.53. The highest BCUT2D eigenvalue weighted by Crippen LogP contribution is 2.33. The van der Waals surface area contributed by atoms with E-state index in [-0.39, 0.29) is 23.5 Å². The number of anilines is 1. The quantitative estimate of drug-likeness (QED) is 0.403. The molecule has 1 aliphatic rings. The molecule has 0 aliphatic heterocycles. The average Bonchev–Trinajstić information content (AvgIpc) is 3.34. The molecule has 36 heavy (non-hydrogen) atoms. The average molecular weight is 477 g/mol. The lowest BCUT2D eigenvalue weighted by atomic mass is 9.89.